The fourth-order valence-corrected chi connectivity index (χ4v) is 1.57. The Kier molecular flexibility index (Phi) is 5.33. The van der Waals surface area contributed by atoms with E-state index in [2.05, 4.69) is 36.4 Å². The molecule has 0 saturated heterocycles. The Morgan fingerprint density at radius 2 is 2.00 bits per heavy atom. The van der Waals surface area contributed by atoms with Gasteiger partial charge < -0.3 is 10.6 Å². The van der Waals surface area contributed by atoms with Crippen molar-refractivity contribution in [3.8, 4) is 0 Å². The van der Waals surface area contributed by atoms with Crippen molar-refractivity contribution in [1.82, 2.24) is 10.6 Å². The number of hydrogen-bond acceptors (Lipinski definition) is 1. The molecular weight excluding hydrogens is 241 g/mol. The smallest absolute Gasteiger partial charge is 0.191 e. The maximum atomic E-state index is 13.4. The second kappa shape index (κ2) is 6.55. The minimum Gasteiger partial charge on any atom is -0.357 e. The van der Waals surface area contributed by atoms with E-state index in [0.29, 0.717) is 12.1 Å². The van der Waals surface area contributed by atoms with Crippen LogP contribution in [0.3, 0.4) is 0 Å². The fraction of sp³-hybridized carbons (Fsp3) is 0.533. The predicted molar refractivity (Wildman–Crippen MR) is 78.8 cm³/mol. The van der Waals surface area contributed by atoms with Crippen LogP contribution in [-0.4, -0.2) is 18.0 Å². The van der Waals surface area contributed by atoms with Crippen molar-refractivity contribution in [3.63, 3.8) is 0 Å². The molecule has 0 aliphatic carbocycles. The molecular formula is C15H24FN3. The van der Waals surface area contributed by atoms with Gasteiger partial charge in [-0.2, -0.15) is 0 Å². The van der Waals surface area contributed by atoms with Crippen LogP contribution in [0.2, 0.25) is 0 Å². The first kappa shape index (κ1) is 15.5. The average Bonchev–Trinajstić information content (AvgIpc) is 2.29. The Morgan fingerprint density at radius 3 is 2.53 bits per heavy atom. The maximum absolute atomic E-state index is 13.4. The SMILES string of the molecule is CCNC(=NCc1ccc(C)c(F)c1)NC(C)(C)C. The molecule has 0 heterocycles. The number of rotatable bonds is 3. The van der Waals surface area contributed by atoms with Crippen molar-refractivity contribution < 1.29 is 4.39 Å². The molecule has 1 rings (SSSR count). The van der Waals surface area contributed by atoms with Crippen LogP contribution in [0.5, 0.6) is 0 Å². The molecule has 2 N–H and O–H groups in total. The van der Waals surface area contributed by atoms with Gasteiger partial charge in [0.2, 0.25) is 0 Å². The number of nitrogens with one attached hydrogen (secondary N) is 2. The number of nitrogens with zero attached hydrogens (tertiary/aromatic N) is 1. The topological polar surface area (TPSA) is 36.4 Å². The van der Waals surface area contributed by atoms with Gasteiger partial charge >= 0.3 is 0 Å². The number of halogens is 1. The van der Waals surface area contributed by atoms with Gasteiger partial charge in [0.05, 0.1) is 6.54 Å². The summed E-state index contributed by atoms with van der Waals surface area (Å²) in [6.45, 7) is 11.3. The zero-order valence-electron chi connectivity index (χ0n) is 12.5. The van der Waals surface area contributed by atoms with E-state index in [0.717, 1.165) is 18.1 Å². The minimum absolute atomic E-state index is 0.0560. The van der Waals surface area contributed by atoms with Crippen LogP contribution in [0.4, 0.5) is 4.39 Å². The molecule has 3 nitrogen and oxygen atoms in total. The molecule has 19 heavy (non-hydrogen) atoms. The van der Waals surface area contributed by atoms with E-state index in [-0.39, 0.29) is 11.4 Å². The average molecular weight is 265 g/mol. The second-order valence-corrected chi connectivity index (χ2v) is 5.65. The van der Waals surface area contributed by atoms with Crippen LogP contribution >= 0.6 is 0 Å². The van der Waals surface area contributed by atoms with Gasteiger partial charge in [-0.05, 0) is 51.8 Å². The van der Waals surface area contributed by atoms with Gasteiger partial charge in [-0.1, -0.05) is 12.1 Å². The Labute approximate surface area is 115 Å². The van der Waals surface area contributed by atoms with Crippen LogP contribution < -0.4 is 10.6 Å². The molecule has 1 aromatic carbocycles. The Hall–Kier alpha value is -1.58. The number of aliphatic imine (C=N–C) groups is 1. The predicted octanol–water partition coefficient (Wildman–Crippen LogP) is 2.99. The summed E-state index contributed by atoms with van der Waals surface area (Å²) in [5, 5.41) is 6.48. The van der Waals surface area contributed by atoms with Gasteiger partial charge in [-0.15, -0.1) is 0 Å². The Balaban J connectivity index is 2.76. The van der Waals surface area contributed by atoms with Crippen LogP contribution in [0.1, 0.15) is 38.8 Å². The fourth-order valence-electron chi connectivity index (χ4n) is 1.57. The lowest BCUT2D eigenvalue weighted by Gasteiger charge is -2.23. The van der Waals surface area contributed by atoms with Gasteiger partial charge in [0.15, 0.2) is 5.96 Å². The monoisotopic (exact) mass is 265 g/mol. The van der Waals surface area contributed by atoms with Crippen molar-refractivity contribution in [2.75, 3.05) is 6.54 Å². The molecule has 1 aromatic rings. The van der Waals surface area contributed by atoms with Crippen LogP contribution in [0.25, 0.3) is 0 Å². The van der Waals surface area contributed by atoms with Crippen molar-refractivity contribution in [2.45, 2.75) is 46.7 Å². The highest BCUT2D eigenvalue weighted by Gasteiger charge is 2.11. The third-order valence-electron chi connectivity index (χ3n) is 2.49. The first-order valence-corrected chi connectivity index (χ1v) is 6.63. The molecule has 0 amide bonds. The third-order valence-corrected chi connectivity index (χ3v) is 2.49. The van der Waals surface area contributed by atoms with Gasteiger partial charge in [-0.3, -0.25) is 0 Å². The summed E-state index contributed by atoms with van der Waals surface area (Å²) < 4.78 is 13.4. The van der Waals surface area contributed by atoms with Gasteiger partial charge in [0, 0.05) is 12.1 Å². The number of hydrogen-bond donors (Lipinski definition) is 2. The normalized spacial score (nSPS) is 12.4. The molecule has 4 heteroatoms. The van der Waals surface area contributed by atoms with Gasteiger partial charge in [0.1, 0.15) is 5.82 Å². The summed E-state index contributed by atoms with van der Waals surface area (Å²) in [7, 11) is 0. The number of guanidine groups is 1. The summed E-state index contributed by atoms with van der Waals surface area (Å²) in [5.41, 5.74) is 1.47. The lowest BCUT2D eigenvalue weighted by Crippen LogP contribution is -2.47. The molecule has 0 radical (unpaired) electrons. The zero-order valence-corrected chi connectivity index (χ0v) is 12.5. The van der Waals surface area contributed by atoms with Crippen molar-refractivity contribution >= 4 is 5.96 Å². The van der Waals surface area contributed by atoms with E-state index >= 15 is 0 Å². The van der Waals surface area contributed by atoms with E-state index in [4.69, 9.17) is 0 Å². The van der Waals surface area contributed by atoms with E-state index in [1.807, 2.05) is 13.0 Å². The van der Waals surface area contributed by atoms with Crippen molar-refractivity contribution in [1.29, 1.82) is 0 Å². The summed E-state index contributed by atoms with van der Waals surface area (Å²) in [6, 6.07) is 5.23. The molecule has 0 atom stereocenters. The van der Waals surface area contributed by atoms with E-state index < -0.39 is 0 Å². The molecule has 0 unspecified atom stereocenters. The van der Waals surface area contributed by atoms with Crippen molar-refractivity contribution in [3.05, 3.63) is 35.1 Å². The lowest BCUT2D eigenvalue weighted by atomic mass is 10.1. The van der Waals surface area contributed by atoms with E-state index in [1.165, 1.54) is 0 Å². The summed E-state index contributed by atoms with van der Waals surface area (Å²) in [6.07, 6.45) is 0. The summed E-state index contributed by atoms with van der Waals surface area (Å²) in [5.74, 6) is 0.567. The number of benzene rings is 1. The number of aryl methyl sites for hydroxylation is 1. The highest BCUT2D eigenvalue weighted by molar-refractivity contribution is 5.80. The summed E-state index contributed by atoms with van der Waals surface area (Å²) >= 11 is 0. The quantitative estimate of drug-likeness (QED) is 0.651. The lowest BCUT2D eigenvalue weighted by molar-refractivity contribution is 0.501. The zero-order chi connectivity index (χ0) is 14.5. The third kappa shape index (κ3) is 5.73. The maximum Gasteiger partial charge on any atom is 0.191 e. The van der Waals surface area contributed by atoms with Crippen LogP contribution in [-0.2, 0) is 6.54 Å². The Morgan fingerprint density at radius 1 is 1.32 bits per heavy atom. The molecule has 0 fully saturated rings. The van der Waals surface area contributed by atoms with Crippen LogP contribution in [0, 0.1) is 12.7 Å². The van der Waals surface area contributed by atoms with Gasteiger partial charge in [-0.25, -0.2) is 9.38 Å². The molecule has 0 bridgehead atoms. The Bertz CT molecular complexity index is 447. The molecule has 0 spiro atoms. The highest BCUT2D eigenvalue weighted by Crippen LogP contribution is 2.10. The molecule has 0 aliphatic rings. The molecule has 0 aromatic heterocycles. The van der Waals surface area contributed by atoms with Crippen LogP contribution in [0.15, 0.2) is 23.2 Å². The van der Waals surface area contributed by atoms with Gasteiger partial charge in [0.25, 0.3) is 0 Å². The molecule has 106 valence electrons. The first-order valence-electron chi connectivity index (χ1n) is 6.63. The van der Waals surface area contributed by atoms with E-state index in [1.54, 1.807) is 19.1 Å². The molecule has 0 saturated carbocycles. The largest absolute Gasteiger partial charge is 0.357 e. The molecule has 0 aliphatic heterocycles. The summed E-state index contributed by atoms with van der Waals surface area (Å²) in [4.78, 5) is 4.47. The second-order valence-electron chi connectivity index (χ2n) is 5.65. The van der Waals surface area contributed by atoms with Crippen molar-refractivity contribution in [2.24, 2.45) is 4.99 Å². The first-order chi connectivity index (χ1) is 8.81. The minimum atomic E-state index is -0.179. The van der Waals surface area contributed by atoms with E-state index in [9.17, 15) is 4.39 Å². The highest BCUT2D eigenvalue weighted by atomic mass is 19.1. The standard InChI is InChI=1S/C15H24FN3/c1-6-17-14(19-15(3,4)5)18-10-12-8-7-11(2)13(16)9-12/h7-9H,6,10H2,1-5H3,(H2,17,18,19).